The van der Waals surface area contributed by atoms with Crippen molar-refractivity contribution in [1.29, 1.82) is 0 Å². The first-order chi connectivity index (χ1) is 7.34. The van der Waals surface area contributed by atoms with Gasteiger partial charge in [0.2, 0.25) is 0 Å². The molecule has 4 nitrogen and oxygen atoms in total. The molecule has 0 aliphatic heterocycles. The first-order valence-electron chi connectivity index (χ1n) is 5.20. The molecular weight excluding hydrogens is 190 g/mol. The minimum atomic E-state index is 0.734. The van der Waals surface area contributed by atoms with Gasteiger partial charge in [0.1, 0.15) is 5.82 Å². The van der Waals surface area contributed by atoms with Crippen LogP contribution in [0, 0.1) is 0 Å². The highest BCUT2D eigenvalue weighted by atomic mass is 16.5. The van der Waals surface area contributed by atoms with Gasteiger partial charge < -0.3 is 14.6 Å². The fraction of sp³-hybridized carbons (Fsp3) is 0.545. The SMILES string of the molecule is C=CCCOCCNCc1nccn1C. The zero-order valence-corrected chi connectivity index (χ0v) is 9.28. The molecule has 0 aromatic carbocycles. The van der Waals surface area contributed by atoms with Crippen LogP contribution in [0.15, 0.2) is 25.0 Å². The largest absolute Gasteiger partial charge is 0.380 e. The van der Waals surface area contributed by atoms with Crippen LogP contribution >= 0.6 is 0 Å². The number of aromatic nitrogens is 2. The fourth-order valence-corrected chi connectivity index (χ4v) is 1.18. The summed E-state index contributed by atoms with van der Waals surface area (Å²) in [5, 5.41) is 3.27. The van der Waals surface area contributed by atoms with E-state index in [4.69, 9.17) is 4.74 Å². The highest BCUT2D eigenvalue weighted by Crippen LogP contribution is 1.92. The lowest BCUT2D eigenvalue weighted by molar-refractivity contribution is 0.140. The number of nitrogens with zero attached hydrogens (tertiary/aromatic N) is 2. The van der Waals surface area contributed by atoms with Crippen molar-refractivity contribution >= 4 is 0 Å². The predicted octanol–water partition coefficient (Wildman–Crippen LogP) is 1.10. The second-order valence-corrected chi connectivity index (χ2v) is 3.32. The Balaban J connectivity index is 1.98. The van der Waals surface area contributed by atoms with Crippen molar-refractivity contribution in [3.63, 3.8) is 0 Å². The van der Waals surface area contributed by atoms with Gasteiger partial charge in [0, 0.05) is 26.0 Å². The van der Waals surface area contributed by atoms with Crippen LogP contribution in [0.5, 0.6) is 0 Å². The molecule has 4 heteroatoms. The van der Waals surface area contributed by atoms with Crippen LogP contribution in [-0.4, -0.2) is 29.3 Å². The maximum atomic E-state index is 5.36. The summed E-state index contributed by atoms with van der Waals surface area (Å²) < 4.78 is 7.37. The number of rotatable bonds is 8. The molecule has 0 unspecified atom stereocenters. The third-order valence-corrected chi connectivity index (χ3v) is 2.09. The second-order valence-electron chi connectivity index (χ2n) is 3.32. The fourth-order valence-electron chi connectivity index (χ4n) is 1.18. The van der Waals surface area contributed by atoms with Crippen molar-refractivity contribution in [2.24, 2.45) is 7.05 Å². The van der Waals surface area contributed by atoms with Gasteiger partial charge in [0.05, 0.1) is 19.8 Å². The van der Waals surface area contributed by atoms with Crippen molar-refractivity contribution in [1.82, 2.24) is 14.9 Å². The van der Waals surface area contributed by atoms with Crippen molar-refractivity contribution in [2.75, 3.05) is 19.8 Å². The molecule has 0 fully saturated rings. The Morgan fingerprint density at radius 3 is 3.13 bits per heavy atom. The van der Waals surface area contributed by atoms with Crippen LogP contribution in [0.1, 0.15) is 12.2 Å². The van der Waals surface area contributed by atoms with Gasteiger partial charge in [0.25, 0.3) is 0 Å². The number of imidazole rings is 1. The minimum absolute atomic E-state index is 0.734. The van der Waals surface area contributed by atoms with Gasteiger partial charge in [-0.1, -0.05) is 6.08 Å². The van der Waals surface area contributed by atoms with Crippen LogP contribution in [0.25, 0.3) is 0 Å². The van der Waals surface area contributed by atoms with Crippen LogP contribution < -0.4 is 5.32 Å². The molecule has 1 rings (SSSR count). The average Bonchev–Trinajstić information content (AvgIpc) is 2.63. The van der Waals surface area contributed by atoms with E-state index in [1.807, 2.05) is 23.9 Å². The lowest BCUT2D eigenvalue weighted by Gasteiger charge is -2.05. The predicted molar refractivity (Wildman–Crippen MR) is 60.5 cm³/mol. The van der Waals surface area contributed by atoms with Crippen LogP contribution in [0.3, 0.4) is 0 Å². The summed E-state index contributed by atoms with van der Waals surface area (Å²) in [6.45, 7) is 6.76. The second kappa shape index (κ2) is 7.20. The molecule has 0 saturated heterocycles. The van der Waals surface area contributed by atoms with E-state index < -0.39 is 0 Å². The van der Waals surface area contributed by atoms with E-state index in [1.165, 1.54) is 0 Å². The number of aryl methyl sites for hydroxylation is 1. The van der Waals surface area contributed by atoms with E-state index in [0.717, 1.165) is 38.5 Å². The Morgan fingerprint density at radius 1 is 1.60 bits per heavy atom. The molecule has 84 valence electrons. The topological polar surface area (TPSA) is 39.1 Å². The van der Waals surface area contributed by atoms with E-state index in [0.29, 0.717) is 0 Å². The maximum absolute atomic E-state index is 5.36. The summed E-state index contributed by atoms with van der Waals surface area (Å²) in [6, 6.07) is 0. The van der Waals surface area contributed by atoms with Gasteiger partial charge in [-0.3, -0.25) is 0 Å². The third kappa shape index (κ3) is 4.76. The summed E-state index contributed by atoms with van der Waals surface area (Å²) in [6.07, 6.45) is 6.52. The molecule has 0 bridgehead atoms. The first-order valence-corrected chi connectivity index (χ1v) is 5.20. The lowest BCUT2D eigenvalue weighted by Crippen LogP contribution is -2.21. The first kappa shape index (κ1) is 11.9. The smallest absolute Gasteiger partial charge is 0.122 e. The van der Waals surface area contributed by atoms with E-state index in [9.17, 15) is 0 Å². The van der Waals surface area contributed by atoms with Gasteiger partial charge in [-0.15, -0.1) is 6.58 Å². The van der Waals surface area contributed by atoms with Crippen molar-refractivity contribution in [2.45, 2.75) is 13.0 Å². The summed E-state index contributed by atoms with van der Waals surface area (Å²) in [5.41, 5.74) is 0. The minimum Gasteiger partial charge on any atom is -0.380 e. The molecule has 15 heavy (non-hydrogen) atoms. The molecule has 1 aromatic heterocycles. The lowest BCUT2D eigenvalue weighted by atomic mass is 10.4. The van der Waals surface area contributed by atoms with E-state index in [-0.39, 0.29) is 0 Å². The molecule has 0 radical (unpaired) electrons. The number of hydrogen-bond acceptors (Lipinski definition) is 3. The molecule has 0 spiro atoms. The zero-order valence-electron chi connectivity index (χ0n) is 9.28. The van der Waals surface area contributed by atoms with Crippen LogP contribution in [-0.2, 0) is 18.3 Å². The van der Waals surface area contributed by atoms with Crippen molar-refractivity contribution in [3.8, 4) is 0 Å². The Bertz CT molecular complexity index is 283. The molecule has 0 atom stereocenters. The van der Waals surface area contributed by atoms with Crippen LogP contribution in [0.4, 0.5) is 0 Å². The summed E-state index contributed by atoms with van der Waals surface area (Å²) in [5.74, 6) is 1.04. The standard InChI is InChI=1S/C11H19N3O/c1-3-4-8-15-9-6-12-10-11-13-5-7-14(11)2/h3,5,7,12H,1,4,6,8-10H2,2H3. The van der Waals surface area contributed by atoms with E-state index >= 15 is 0 Å². The van der Waals surface area contributed by atoms with Gasteiger partial charge in [-0.05, 0) is 6.42 Å². The Hall–Kier alpha value is -1.13. The monoisotopic (exact) mass is 209 g/mol. The average molecular weight is 209 g/mol. The van der Waals surface area contributed by atoms with Crippen molar-refractivity contribution in [3.05, 3.63) is 30.9 Å². The van der Waals surface area contributed by atoms with Crippen LogP contribution in [0.2, 0.25) is 0 Å². The van der Waals surface area contributed by atoms with Gasteiger partial charge in [0.15, 0.2) is 0 Å². The number of hydrogen-bond donors (Lipinski definition) is 1. The van der Waals surface area contributed by atoms with E-state index in [2.05, 4.69) is 16.9 Å². The number of ether oxygens (including phenoxy) is 1. The van der Waals surface area contributed by atoms with Gasteiger partial charge >= 0.3 is 0 Å². The third-order valence-electron chi connectivity index (χ3n) is 2.09. The Labute approximate surface area is 91.0 Å². The highest BCUT2D eigenvalue weighted by Gasteiger charge is 1.96. The molecule has 1 N–H and O–H groups in total. The van der Waals surface area contributed by atoms with Crippen molar-refractivity contribution < 1.29 is 4.74 Å². The summed E-state index contributed by atoms with van der Waals surface area (Å²) in [4.78, 5) is 4.21. The van der Waals surface area contributed by atoms with Gasteiger partial charge in [-0.2, -0.15) is 0 Å². The molecular formula is C11H19N3O. The van der Waals surface area contributed by atoms with E-state index in [1.54, 1.807) is 6.20 Å². The molecule has 1 heterocycles. The molecule has 1 aromatic rings. The maximum Gasteiger partial charge on any atom is 0.122 e. The zero-order chi connectivity index (χ0) is 10.9. The summed E-state index contributed by atoms with van der Waals surface area (Å²) >= 11 is 0. The molecule has 0 aliphatic carbocycles. The highest BCUT2D eigenvalue weighted by molar-refractivity contribution is 4.90. The molecule has 0 saturated carbocycles. The quantitative estimate of drug-likeness (QED) is 0.515. The van der Waals surface area contributed by atoms with Gasteiger partial charge in [-0.25, -0.2) is 4.98 Å². The number of nitrogens with one attached hydrogen (secondary N) is 1. The molecule has 0 aliphatic rings. The molecule has 0 amide bonds. The Morgan fingerprint density at radius 2 is 2.47 bits per heavy atom. The normalized spacial score (nSPS) is 10.5. The summed E-state index contributed by atoms with van der Waals surface area (Å²) in [7, 11) is 1.99. The Kier molecular flexibility index (Phi) is 5.73.